The Morgan fingerprint density at radius 1 is 1.00 bits per heavy atom. The second-order valence-corrected chi connectivity index (χ2v) is 12.5. The number of hydrogen-bond donors (Lipinski definition) is 1. The minimum Gasteiger partial charge on any atom is -0.454 e. The van der Waals surface area contributed by atoms with E-state index >= 15 is 0 Å². The summed E-state index contributed by atoms with van der Waals surface area (Å²) in [4.78, 5) is 2.32. The summed E-state index contributed by atoms with van der Waals surface area (Å²) in [6.45, 7) is 1.14. The molecule has 0 amide bonds. The molecule has 2 saturated carbocycles. The Hall–Kier alpha value is -2.39. The number of fused-ring (bicyclic) bond motifs is 2. The number of hydrogen-bond acceptors (Lipinski definition) is 8. The first kappa shape index (κ1) is 22.1. The van der Waals surface area contributed by atoms with Gasteiger partial charge in [-0.1, -0.05) is 25.3 Å². The van der Waals surface area contributed by atoms with Gasteiger partial charge < -0.3 is 20.1 Å². The lowest BCUT2D eigenvalue weighted by Gasteiger charge is -2.29. The first-order valence-electron chi connectivity index (χ1n) is 12.5. The first-order valence-corrected chi connectivity index (χ1v) is 14.0. The van der Waals surface area contributed by atoms with Gasteiger partial charge in [0.25, 0.3) is 0 Å². The lowest BCUT2D eigenvalue weighted by molar-refractivity contribution is 0.174. The maximum absolute atomic E-state index is 13.1. The molecule has 1 saturated heterocycles. The average molecular weight is 485 g/mol. The molecule has 0 spiro atoms. The van der Waals surface area contributed by atoms with Gasteiger partial charge in [0.1, 0.15) is 0 Å². The zero-order chi connectivity index (χ0) is 23.3. The lowest BCUT2D eigenvalue weighted by atomic mass is 9.89. The Balaban J connectivity index is 1.25. The van der Waals surface area contributed by atoms with Crippen molar-refractivity contribution in [2.45, 2.75) is 73.7 Å². The van der Waals surface area contributed by atoms with E-state index < -0.39 is 9.84 Å². The van der Waals surface area contributed by atoms with Crippen molar-refractivity contribution < 1.29 is 17.9 Å². The molecule has 182 valence electrons. The predicted octanol–water partition coefficient (Wildman–Crippen LogP) is 3.10. The van der Waals surface area contributed by atoms with E-state index in [1.165, 1.54) is 5.56 Å². The average Bonchev–Trinajstić information content (AvgIpc) is 3.55. The molecule has 3 heterocycles. The van der Waals surface area contributed by atoms with Crippen LogP contribution in [0.3, 0.4) is 0 Å². The minimum atomic E-state index is -3.43. The van der Waals surface area contributed by atoms with E-state index in [4.69, 9.17) is 15.2 Å². The molecule has 4 atom stereocenters. The number of nitrogens with two attached hydrogens (primary N) is 1. The Labute approximate surface area is 200 Å². The van der Waals surface area contributed by atoms with Crippen LogP contribution in [0.15, 0.2) is 35.4 Å². The zero-order valence-electron chi connectivity index (χ0n) is 19.3. The van der Waals surface area contributed by atoms with Crippen LogP contribution in [-0.4, -0.2) is 49.3 Å². The van der Waals surface area contributed by atoms with Crippen LogP contribution in [0.1, 0.15) is 50.5 Å². The number of sulfone groups is 1. The molecule has 8 nitrogen and oxygen atoms in total. The highest BCUT2D eigenvalue weighted by molar-refractivity contribution is 7.92. The standard InChI is InChI=1S/C25H32N4O4S/c26-18-12-17-14-29(21(20(17)13-18)10-16-6-7-22-23(11-16)33-15-32-22)24-8-9-25(28-27-24)34(30,31)19-4-2-1-3-5-19/h6-9,11,17-21H,1-5,10,12-15,26H2/t17-,18+,20+,21+/m1/s1. The van der Waals surface area contributed by atoms with Crippen LogP contribution in [0.25, 0.3) is 0 Å². The molecule has 1 aromatic carbocycles. The molecular weight excluding hydrogens is 452 g/mol. The van der Waals surface area contributed by atoms with Crippen molar-refractivity contribution in [3.63, 3.8) is 0 Å². The Morgan fingerprint density at radius 2 is 1.82 bits per heavy atom. The minimum absolute atomic E-state index is 0.108. The molecule has 9 heteroatoms. The van der Waals surface area contributed by atoms with Gasteiger partial charge in [-0.2, -0.15) is 0 Å². The van der Waals surface area contributed by atoms with Crippen LogP contribution >= 0.6 is 0 Å². The van der Waals surface area contributed by atoms with Gasteiger partial charge >= 0.3 is 0 Å². The zero-order valence-corrected chi connectivity index (χ0v) is 20.1. The monoisotopic (exact) mass is 484 g/mol. The van der Waals surface area contributed by atoms with Crippen molar-refractivity contribution in [3.8, 4) is 11.5 Å². The van der Waals surface area contributed by atoms with Crippen LogP contribution in [0.4, 0.5) is 5.82 Å². The van der Waals surface area contributed by atoms with Crippen molar-refractivity contribution in [3.05, 3.63) is 35.9 Å². The van der Waals surface area contributed by atoms with E-state index in [0.717, 1.165) is 75.2 Å². The van der Waals surface area contributed by atoms with Crippen molar-refractivity contribution in [2.24, 2.45) is 17.6 Å². The summed E-state index contributed by atoms with van der Waals surface area (Å²) in [6, 6.07) is 10.1. The SMILES string of the molecule is N[C@H]1C[C@@H]2CN(c3ccc(S(=O)(=O)C4CCCCC4)nn3)[C@@H](Cc3ccc4c(c3)OCO4)[C@H]2C1. The van der Waals surface area contributed by atoms with Gasteiger partial charge in [-0.3, -0.25) is 0 Å². The summed E-state index contributed by atoms with van der Waals surface area (Å²) < 4.78 is 37.2. The maximum atomic E-state index is 13.1. The van der Waals surface area contributed by atoms with E-state index in [1.807, 2.05) is 12.1 Å². The molecule has 0 unspecified atom stereocenters. The molecule has 0 radical (unpaired) electrons. The topological polar surface area (TPSA) is 108 Å². The molecule has 0 bridgehead atoms. The van der Waals surface area contributed by atoms with E-state index in [0.29, 0.717) is 11.8 Å². The van der Waals surface area contributed by atoms with Gasteiger partial charge in [0.2, 0.25) is 6.79 Å². The summed E-state index contributed by atoms with van der Waals surface area (Å²) in [7, 11) is -3.43. The normalized spacial score (nSPS) is 28.9. The summed E-state index contributed by atoms with van der Waals surface area (Å²) in [5.41, 5.74) is 7.51. The fourth-order valence-electron chi connectivity index (χ4n) is 6.50. The first-order chi connectivity index (χ1) is 16.5. The highest BCUT2D eigenvalue weighted by atomic mass is 32.2. The number of benzene rings is 1. The fraction of sp³-hybridized carbons (Fsp3) is 0.600. The molecule has 4 aliphatic rings. The van der Waals surface area contributed by atoms with E-state index in [9.17, 15) is 8.42 Å². The third kappa shape index (κ3) is 3.92. The van der Waals surface area contributed by atoms with E-state index in [-0.39, 0.29) is 29.2 Å². The molecular formula is C25H32N4O4S. The van der Waals surface area contributed by atoms with Gasteiger partial charge in [-0.25, -0.2) is 8.42 Å². The molecule has 34 heavy (non-hydrogen) atoms. The van der Waals surface area contributed by atoms with Gasteiger partial charge in [0.15, 0.2) is 32.2 Å². The number of nitrogens with zero attached hydrogens (tertiary/aromatic N) is 3. The fourth-order valence-corrected chi connectivity index (χ4v) is 8.21. The van der Waals surface area contributed by atoms with Gasteiger partial charge in [-0.15, -0.1) is 10.2 Å². The molecule has 2 aliphatic carbocycles. The maximum Gasteiger partial charge on any atom is 0.231 e. The summed E-state index contributed by atoms with van der Waals surface area (Å²) >= 11 is 0. The van der Waals surface area contributed by atoms with Crippen molar-refractivity contribution >= 4 is 15.7 Å². The number of aromatic nitrogens is 2. The van der Waals surface area contributed by atoms with E-state index in [1.54, 1.807) is 6.07 Å². The van der Waals surface area contributed by atoms with Crippen molar-refractivity contribution in [1.29, 1.82) is 0 Å². The van der Waals surface area contributed by atoms with Gasteiger partial charge in [-0.05, 0) is 73.8 Å². The Morgan fingerprint density at radius 3 is 2.62 bits per heavy atom. The molecule has 3 fully saturated rings. The second-order valence-electron chi connectivity index (χ2n) is 10.3. The Bertz CT molecular complexity index is 1150. The molecule has 1 aromatic heterocycles. The van der Waals surface area contributed by atoms with Crippen molar-refractivity contribution in [2.75, 3.05) is 18.2 Å². The van der Waals surface area contributed by atoms with E-state index in [2.05, 4.69) is 27.2 Å². The molecule has 2 aliphatic heterocycles. The van der Waals surface area contributed by atoms with Crippen LogP contribution < -0.4 is 20.1 Å². The second kappa shape index (κ2) is 8.68. The Kier molecular flexibility index (Phi) is 5.64. The lowest BCUT2D eigenvalue weighted by Crippen LogP contribution is -2.37. The third-order valence-corrected chi connectivity index (χ3v) is 10.3. The molecule has 2 N–H and O–H groups in total. The number of rotatable bonds is 5. The highest BCUT2D eigenvalue weighted by Crippen LogP contribution is 2.45. The van der Waals surface area contributed by atoms with Crippen LogP contribution in [-0.2, 0) is 16.3 Å². The summed E-state index contributed by atoms with van der Waals surface area (Å²) in [6.07, 6.45) is 7.35. The predicted molar refractivity (Wildman–Crippen MR) is 128 cm³/mol. The molecule has 2 aromatic rings. The number of anilines is 1. The van der Waals surface area contributed by atoms with Crippen LogP contribution in [0.5, 0.6) is 11.5 Å². The highest BCUT2D eigenvalue weighted by Gasteiger charge is 2.47. The largest absolute Gasteiger partial charge is 0.454 e. The molecule has 6 rings (SSSR count). The van der Waals surface area contributed by atoms with Crippen molar-refractivity contribution in [1.82, 2.24) is 10.2 Å². The van der Waals surface area contributed by atoms with Gasteiger partial charge in [0, 0.05) is 18.6 Å². The van der Waals surface area contributed by atoms with Gasteiger partial charge in [0.05, 0.1) is 5.25 Å². The smallest absolute Gasteiger partial charge is 0.231 e. The summed E-state index contributed by atoms with van der Waals surface area (Å²) in [5, 5.41) is 8.45. The summed E-state index contributed by atoms with van der Waals surface area (Å²) in [5.74, 6) is 3.32. The third-order valence-electron chi connectivity index (χ3n) is 8.20. The quantitative estimate of drug-likeness (QED) is 0.690. The number of ether oxygens (including phenoxy) is 2. The van der Waals surface area contributed by atoms with Crippen LogP contribution in [0, 0.1) is 11.8 Å². The van der Waals surface area contributed by atoms with Crippen LogP contribution in [0.2, 0.25) is 0 Å².